The van der Waals surface area contributed by atoms with Gasteiger partial charge in [0.1, 0.15) is 0 Å². The Hall–Kier alpha value is -0.820. The summed E-state index contributed by atoms with van der Waals surface area (Å²) in [6.45, 7) is 8.02. The number of hydrogen-bond donors (Lipinski definition) is 0. The molecule has 1 aliphatic carbocycles. The van der Waals surface area contributed by atoms with Gasteiger partial charge >= 0.3 is 1.43 Å². The zero-order valence-corrected chi connectivity index (χ0v) is 8.46. The van der Waals surface area contributed by atoms with E-state index in [-0.39, 0.29) is 1.43 Å². The maximum Gasteiger partial charge on any atom is 1.00 e. The third-order valence-corrected chi connectivity index (χ3v) is 2.53. The van der Waals surface area contributed by atoms with Crippen LogP contribution in [0.5, 0.6) is 0 Å². The molecule has 0 aromatic carbocycles. The molecule has 1 heterocycles. The first-order valence-electron chi connectivity index (χ1n) is 5.06. The van der Waals surface area contributed by atoms with Gasteiger partial charge in [-0.25, -0.2) is 0 Å². The van der Waals surface area contributed by atoms with Crippen molar-refractivity contribution < 1.29 is 1.43 Å². The summed E-state index contributed by atoms with van der Waals surface area (Å²) in [5.41, 5.74) is 2.94. The molecule has 0 unspecified atom stereocenters. The minimum absolute atomic E-state index is 0. The van der Waals surface area contributed by atoms with E-state index < -0.39 is 0 Å². The molecule has 0 bridgehead atoms. The first-order chi connectivity index (χ1) is 6.25. The molecule has 13 heavy (non-hydrogen) atoms. The number of fused-ring (bicyclic) bond motifs is 1. The van der Waals surface area contributed by atoms with Crippen molar-refractivity contribution in [3.63, 3.8) is 0 Å². The Labute approximate surface area is 81.9 Å². The number of nitrogens with zero attached hydrogens (tertiary/aromatic N) is 1. The van der Waals surface area contributed by atoms with Crippen LogP contribution in [0.25, 0.3) is 0 Å². The van der Waals surface area contributed by atoms with Crippen LogP contribution in [0.1, 0.15) is 15.3 Å². The fourth-order valence-corrected chi connectivity index (χ4v) is 2.00. The van der Waals surface area contributed by atoms with Crippen LogP contribution < -0.4 is 0 Å². The summed E-state index contributed by atoms with van der Waals surface area (Å²) in [5.74, 6) is 0.768. The van der Waals surface area contributed by atoms with Crippen molar-refractivity contribution in [3.8, 4) is 0 Å². The minimum atomic E-state index is 0. The van der Waals surface area contributed by atoms with Crippen LogP contribution in [0.4, 0.5) is 0 Å². The standard InChI is InChI=1S/C12H17N/c1-10(2)8-13-7-6-11-4-3-5-12(11)9-13/h3-6,10H,7-9H2,1-2H3/p+1. The Morgan fingerprint density at radius 3 is 3.15 bits per heavy atom. The van der Waals surface area contributed by atoms with Crippen molar-refractivity contribution in [2.24, 2.45) is 5.92 Å². The quantitative estimate of drug-likeness (QED) is 0.625. The average Bonchev–Trinajstić information content (AvgIpc) is 2.49. The summed E-state index contributed by atoms with van der Waals surface area (Å²) >= 11 is 0. The first kappa shape index (κ1) is 8.76. The minimum Gasteiger partial charge on any atom is -0.295 e. The molecule has 0 saturated heterocycles. The van der Waals surface area contributed by atoms with Crippen molar-refractivity contribution in [1.29, 1.82) is 0 Å². The Morgan fingerprint density at radius 2 is 2.38 bits per heavy atom. The molecule has 1 heteroatoms. The van der Waals surface area contributed by atoms with Gasteiger partial charge in [0, 0.05) is 19.6 Å². The Bertz CT molecular complexity index is 287. The second-order valence-corrected chi connectivity index (χ2v) is 4.30. The Kier molecular flexibility index (Phi) is 2.36. The van der Waals surface area contributed by atoms with Gasteiger partial charge in [0.05, 0.1) is 0 Å². The molecule has 2 aliphatic rings. The van der Waals surface area contributed by atoms with E-state index in [1.54, 1.807) is 0 Å². The molecule has 0 aromatic rings. The second-order valence-electron chi connectivity index (χ2n) is 4.30. The molecular formula is C12H18N+. The van der Waals surface area contributed by atoms with Crippen LogP contribution in [-0.2, 0) is 0 Å². The second kappa shape index (κ2) is 3.51. The van der Waals surface area contributed by atoms with Crippen LogP contribution in [0.15, 0.2) is 35.5 Å². The molecule has 1 nitrogen and oxygen atoms in total. The number of allylic oxidation sites excluding steroid dienone is 3. The lowest BCUT2D eigenvalue weighted by atomic mass is 10.0. The number of rotatable bonds is 2. The fraction of sp³-hybridized carbons (Fsp3) is 0.500. The van der Waals surface area contributed by atoms with Crippen LogP contribution in [-0.4, -0.2) is 24.5 Å². The maximum absolute atomic E-state index is 2.51. The van der Waals surface area contributed by atoms with E-state index in [4.69, 9.17) is 0 Å². The van der Waals surface area contributed by atoms with Crippen molar-refractivity contribution in [2.45, 2.75) is 13.8 Å². The lowest BCUT2D eigenvalue weighted by molar-refractivity contribution is 0.284. The fourth-order valence-electron chi connectivity index (χ4n) is 2.00. The predicted octanol–water partition coefficient (Wildman–Crippen LogP) is 2.49. The van der Waals surface area contributed by atoms with Gasteiger partial charge in [0.15, 0.2) is 0 Å². The molecule has 0 radical (unpaired) electrons. The summed E-state index contributed by atoms with van der Waals surface area (Å²) in [7, 11) is 0. The summed E-state index contributed by atoms with van der Waals surface area (Å²) in [5, 5.41) is 0. The highest BCUT2D eigenvalue weighted by atomic mass is 15.1. The van der Waals surface area contributed by atoms with Crippen LogP contribution >= 0.6 is 0 Å². The van der Waals surface area contributed by atoms with E-state index >= 15 is 0 Å². The van der Waals surface area contributed by atoms with Gasteiger partial charge in [-0.2, -0.15) is 0 Å². The van der Waals surface area contributed by atoms with Gasteiger partial charge in [-0.1, -0.05) is 38.2 Å². The van der Waals surface area contributed by atoms with Gasteiger partial charge in [0.2, 0.25) is 0 Å². The van der Waals surface area contributed by atoms with Gasteiger partial charge in [-0.05, 0) is 17.1 Å². The number of hydrogen-bond acceptors (Lipinski definition) is 1. The molecule has 0 spiro atoms. The third-order valence-electron chi connectivity index (χ3n) is 2.53. The lowest BCUT2D eigenvalue weighted by Gasteiger charge is -2.27. The topological polar surface area (TPSA) is 3.24 Å². The highest BCUT2D eigenvalue weighted by molar-refractivity contribution is 5.50. The van der Waals surface area contributed by atoms with E-state index in [1.165, 1.54) is 17.7 Å². The molecule has 0 atom stereocenters. The Morgan fingerprint density at radius 1 is 1.54 bits per heavy atom. The van der Waals surface area contributed by atoms with Gasteiger partial charge in [-0.3, -0.25) is 4.90 Å². The molecule has 0 fully saturated rings. The maximum atomic E-state index is 2.51. The zero-order chi connectivity index (χ0) is 9.26. The molecule has 0 N–H and O–H groups in total. The molecular weight excluding hydrogens is 158 g/mol. The third kappa shape index (κ3) is 1.92. The first-order valence-corrected chi connectivity index (χ1v) is 5.06. The zero-order valence-electron chi connectivity index (χ0n) is 9.46. The molecule has 1 aliphatic heterocycles. The Balaban J connectivity index is 0.000000980. The smallest absolute Gasteiger partial charge is 0.295 e. The molecule has 2 rings (SSSR count). The summed E-state index contributed by atoms with van der Waals surface area (Å²) < 4.78 is 0. The summed E-state index contributed by atoms with van der Waals surface area (Å²) in [4.78, 5) is 2.51. The molecule has 0 saturated carbocycles. The van der Waals surface area contributed by atoms with Gasteiger partial charge in [0.25, 0.3) is 0 Å². The van der Waals surface area contributed by atoms with Crippen LogP contribution in [0.3, 0.4) is 0 Å². The van der Waals surface area contributed by atoms with E-state index in [1.807, 2.05) is 0 Å². The molecule has 0 aromatic heterocycles. The van der Waals surface area contributed by atoms with E-state index in [2.05, 4.69) is 43.1 Å². The monoisotopic (exact) mass is 176 g/mol. The highest BCUT2D eigenvalue weighted by Crippen LogP contribution is 2.23. The van der Waals surface area contributed by atoms with Crippen molar-refractivity contribution >= 4 is 0 Å². The largest absolute Gasteiger partial charge is 1.00 e. The predicted molar refractivity (Wildman–Crippen MR) is 57.7 cm³/mol. The van der Waals surface area contributed by atoms with E-state index in [0.717, 1.165) is 19.0 Å². The van der Waals surface area contributed by atoms with Gasteiger partial charge in [-0.15, -0.1) is 0 Å². The van der Waals surface area contributed by atoms with Crippen molar-refractivity contribution in [1.82, 2.24) is 4.90 Å². The molecule has 0 amide bonds. The van der Waals surface area contributed by atoms with Crippen LogP contribution in [0, 0.1) is 5.92 Å². The van der Waals surface area contributed by atoms with E-state index in [9.17, 15) is 0 Å². The van der Waals surface area contributed by atoms with Crippen LogP contribution in [0.2, 0.25) is 0 Å². The normalized spacial score (nSPS) is 21.8. The molecule has 70 valence electrons. The van der Waals surface area contributed by atoms with Gasteiger partial charge < -0.3 is 0 Å². The summed E-state index contributed by atoms with van der Waals surface area (Å²) in [6, 6.07) is 0. The van der Waals surface area contributed by atoms with E-state index in [0.29, 0.717) is 0 Å². The summed E-state index contributed by atoms with van der Waals surface area (Å²) in [6.07, 6.45) is 8.93. The van der Waals surface area contributed by atoms with Crippen molar-refractivity contribution in [3.05, 3.63) is 35.5 Å². The highest BCUT2D eigenvalue weighted by Gasteiger charge is 2.16. The van der Waals surface area contributed by atoms with Crippen molar-refractivity contribution in [2.75, 3.05) is 19.6 Å². The average molecular weight is 176 g/mol. The SMILES string of the molecule is CC(C)CN1CC=C2C=CC=C2C1.[H+]. The lowest BCUT2D eigenvalue weighted by Crippen LogP contribution is -2.32.